The molecule has 2 rings (SSSR count). The fraction of sp³-hybridized carbons (Fsp3) is 0.167. The minimum absolute atomic E-state index is 0.0587. The number of nitrogens with zero attached hydrogens (tertiary/aromatic N) is 4. The fourth-order valence-electron chi connectivity index (χ4n) is 1.62. The first-order valence-corrected chi connectivity index (χ1v) is 5.91. The van der Waals surface area contributed by atoms with Crippen LogP contribution in [0.15, 0.2) is 24.3 Å². The fourth-order valence-corrected chi connectivity index (χ4v) is 1.62. The molecule has 1 aromatic heterocycles. The number of nitrogens with two attached hydrogens (primary N) is 1. The van der Waals surface area contributed by atoms with Gasteiger partial charge in [0.05, 0.1) is 10.6 Å². The van der Waals surface area contributed by atoms with Gasteiger partial charge in [0.1, 0.15) is 5.82 Å². The minimum Gasteiger partial charge on any atom is -0.378 e. The van der Waals surface area contributed by atoms with Gasteiger partial charge in [0.2, 0.25) is 17.6 Å². The van der Waals surface area contributed by atoms with E-state index in [0.29, 0.717) is 0 Å². The van der Waals surface area contributed by atoms with Crippen molar-refractivity contribution in [3.8, 4) is 0 Å². The number of nitrogens with one attached hydrogen (secondary N) is 1. The normalized spacial score (nSPS) is 10.2. The molecule has 0 radical (unpaired) electrons. The Bertz CT molecular complexity index is 691. The summed E-state index contributed by atoms with van der Waals surface area (Å²) >= 11 is 0. The third kappa shape index (κ3) is 2.96. The van der Waals surface area contributed by atoms with Crippen LogP contribution >= 0.6 is 0 Å². The van der Waals surface area contributed by atoms with Gasteiger partial charge in [0.15, 0.2) is 0 Å². The summed E-state index contributed by atoms with van der Waals surface area (Å²) in [6.45, 7) is 0. The van der Waals surface area contributed by atoms with Gasteiger partial charge in [0, 0.05) is 14.1 Å². The molecule has 0 saturated carbocycles. The summed E-state index contributed by atoms with van der Waals surface area (Å²) in [6, 6.07) is 5.77. The highest BCUT2D eigenvalue weighted by atomic mass is 19.1. The second kappa shape index (κ2) is 5.57. The Kier molecular flexibility index (Phi) is 3.83. The Morgan fingerprint density at radius 2 is 2.00 bits per heavy atom. The van der Waals surface area contributed by atoms with E-state index in [9.17, 15) is 14.5 Å². The van der Waals surface area contributed by atoms with E-state index in [1.165, 1.54) is 23.1 Å². The summed E-state index contributed by atoms with van der Waals surface area (Å²) in [5.41, 5.74) is 5.16. The molecule has 0 saturated heterocycles. The first kappa shape index (κ1) is 14.4. The topological polar surface area (TPSA) is 110 Å². The van der Waals surface area contributed by atoms with Crippen molar-refractivity contribution < 1.29 is 9.31 Å². The Balaban J connectivity index is 2.55. The van der Waals surface area contributed by atoms with Crippen LogP contribution in [0.2, 0.25) is 0 Å². The van der Waals surface area contributed by atoms with E-state index >= 15 is 0 Å². The van der Waals surface area contributed by atoms with Crippen LogP contribution in [-0.4, -0.2) is 29.0 Å². The third-order valence-electron chi connectivity index (χ3n) is 2.61. The Labute approximate surface area is 119 Å². The van der Waals surface area contributed by atoms with Crippen LogP contribution in [-0.2, 0) is 0 Å². The van der Waals surface area contributed by atoms with E-state index in [-0.39, 0.29) is 23.3 Å². The van der Waals surface area contributed by atoms with Crippen molar-refractivity contribution in [2.45, 2.75) is 0 Å². The van der Waals surface area contributed by atoms with Crippen molar-refractivity contribution >= 4 is 29.0 Å². The van der Waals surface area contributed by atoms with Crippen molar-refractivity contribution in [3.05, 3.63) is 40.2 Å². The van der Waals surface area contributed by atoms with Gasteiger partial charge < -0.3 is 16.0 Å². The molecule has 0 atom stereocenters. The number of halogens is 1. The minimum atomic E-state index is -0.710. The first-order valence-electron chi connectivity index (χ1n) is 5.91. The lowest BCUT2D eigenvalue weighted by atomic mass is 10.3. The number of hydrogen-bond acceptors (Lipinski definition) is 7. The molecule has 0 spiro atoms. The first-order chi connectivity index (χ1) is 9.90. The molecule has 110 valence electrons. The molecule has 21 heavy (non-hydrogen) atoms. The van der Waals surface area contributed by atoms with Crippen molar-refractivity contribution in [2.24, 2.45) is 0 Å². The van der Waals surface area contributed by atoms with Gasteiger partial charge in [-0.15, -0.1) is 0 Å². The van der Waals surface area contributed by atoms with Crippen LogP contribution in [0, 0.1) is 15.9 Å². The molecule has 0 bridgehead atoms. The average Bonchev–Trinajstić information content (AvgIpc) is 2.40. The lowest BCUT2D eigenvalue weighted by molar-refractivity contribution is -0.383. The lowest BCUT2D eigenvalue weighted by Crippen LogP contribution is -2.16. The zero-order valence-corrected chi connectivity index (χ0v) is 11.4. The number of hydrogen-bond donors (Lipinski definition) is 2. The van der Waals surface area contributed by atoms with Gasteiger partial charge in [-0.2, -0.15) is 9.97 Å². The predicted molar refractivity (Wildman–Crippen MR) is 77.1 cm³/mol. The van der Waals surface area contributed by atoms with Crippen LogP contribution in [0.3, 0.4) is 0 Å². The number of para-hydroxylation sites is 1. The molecular weight excluding hydrogens is 279 g/mol. The Morgan fingerprint density at radius 3 is 2.57 bits per heavy atom. The maximum atomic E-state index is 13.7. The zero-order chi connectivity index (χ0) is 15.6. The van der Waals surface area contributed by atoms with Crippen LogP contribution in [0.4, 0.5) is 33.3 Å². The number of rotatable bonds is 4. The van der Waals surface area contributed by atoms with Gasteiger partial charge in [0.25, 0.3) is 0 Å². The largest absolute Gasteiger partial charge is 0.378 e. The molecule has 8 nitrogen and oxygen atoms in total. The second-order valence-corrected chi connectivity index (χ2v) is 4.36. The van der Waals surface area contributed by atoms with Crippen LogP contribution in [0.25, 0.3) is 0 Å². The lowest BCUT2D eigenvalue weighted by Gasteiger charge is -2.13. The van der Waals surface area contributed by atoms with Gasteiger partial charge in [-0.05, 0) is 12.1 Å². The third-order valence-corrected chi connectivity index (χ3v) is 2.61. The highest BCUT2D eigenvalue weighted by molar-refractivity contribution is 5.74. The van der Waals surface area contributed by atoms with E-state index in [1.54, 1.807) is 20.2 Å². The van der Waals surface area contributed by atoms with Gasteiger partial charge >= 0.3 is 5.69 Å². The SMILES string of the molecule is CN(C)c1nc(N)c([N+](=O)[O-])c(Nc2ccccc2F)n1. The highest BCUT2D eigenvalue weighted by Gasteiger charge is 2.24. The van der Waals surface area contributed by atoms with Crippen LogP contribution < -0.4 is 16.0 Å². The van der Waals surface area contributed by atoms with Crippen molar-refractivity contribution in [1.29, 1.82) is 0 Å². The summed E-state index contributed by atoms with van der Waals surface area (Å²) in [5, 5.41) is 13.7. The molecular formula is C12H13FN6O2. The van der Waals surface area contributed by atoms with Gasteiger partial charge in [-0.1, -0.05) is 12.1 Å². The number of nitro groups is 1. The molecule has 0 aliphatic carbocycles. The molecule has 1 heterocycles. The van der Waals surface area contributed by atoms with E-state index < -0.39 is 16.4 Å². The van der Waals surface area contributed by atoms with Gasteiger partial charge in [-0.3, -0.25) is 10.1 Å². The van der Waals surface area contributed by atoms with Gasteiger partial charge in [-0.25, -0.2) is 4.39 Å². The summed E-state index contributed by atoms with van der Waals surface area (Å²) in [6.07, 6.45) is 0. The quantitative estimate of drug-likeness (QED) is 0.654. The van der Waals surface area contributed by atoms with Crippen LogP contribution in [0.5, 0.6) is 0 Å². The maximum absolute atomic E-state index is 13.7. The molecule has 0 amide bonds. The summed E-state index contributed by atoms with van der Waals surface area (Å²) in [7, 11) is 3.32. The molecule has 0 fully saturated rings. The van der Waals surface area contributed by atoms with E-state index in [1.807, 2.05) is 0 Å². The number of nitrogen functional groups attached to an aromatic ring is 1. The Morgan fingerprint density at radius 1 is 1.33 bits per heavy atom. The molecule has 2 aromatic rings. The zero-order valence-electron chi connectivity index (χ0n) is 11.4. The number of aromatic nitrogens is 2. The molecule has 0 unspecified atom stereocenters. The molecule has 9 heteroatoms. The maximum Gasteiger partial charge on any atom is 0.353 e. The summed E-state index contributed by atoms with van der Waals surface area (Å²) in [4.78, 5) is 19.8. The van der Waals surface area contributed by atoms with Crippen molar-refractivity contribution in [3.63, 3.8) is 0 Å². The van der Waals surface area contributed by atoms with Crippen molar-refractivity contribution in [2.75, 3.05) is 30.0 Å². The van der Waals surface area contributed by atoms with E-state index in [4.69, 9.17) is 5.73 Å². The smallest absolute Gasteiger partial charge is 0.353 e. The standard InChI is InChI=1S/C12H13FN6O2/c1-18(2)12-16-10(14)9(19(20)21)11(17-12)15-8-6-4-3-5-7(8)13/h3-6H,1-2H3,(H3,14,15,16,17). The van der Waals surface area contributed by atoms with E-state index in [0.717, 1.165) is 0 Å². The highest BCUT2D eigenvalue weighted by Crippen LogP contribution is 2.32. The number of benzene rings is 1. The van der Waals surface area contributed by atoms with E-state index in [2.05, 4.69) is 15.3 Å². The molecule has 1 aromatic carbocycles. The molecule has 3 N–H and O–H groups in total. The van der Waals surface area contributed by atoms with Crippen LogP contribution in [0.1, 0.15) is 0 Å². The predicted octanol–water partition coefficient (Wildman–Crippen LogP) is 1.92. The van der Waals surface area contributed by atoms with Crippen molar-refractivity contribution in [1.82, 2.24) is 9.97 Å². The monoisotopic (exact) mass is 292 g/mol. The molecule has 0 aliphatic rings. The summed E-state index contributed by atoms with van der Waals surface area (Å²) < 4.78 is 13.7. The number of anilines is 4. The Hall–Kier alpha value is -2.97. The average molecular weight is 292 g/mol. The summed E-state index contributed by atoms with van der Waals surface area (Å²) in [5.74, 6) is -0.842. The second-order valence-electron chi connectivity index (χ2n) is 4.36. The molecule has 0 aliphatic heterocycles.